The number of carbonyl (C=O) groups is 1. The summed E-state index contributed by atoms with van der Waals surface area (Å²) < 4.78 is 6.07. The van der Waals surface area contributed by atoms with Crippen LogP contribution in [0.4, 0.5) is 0 Å². The fourth-order valence-electron chi connectivity index (χ4n) is 1.00. The van der Waals surface area contributed by atoms with Crippen molar-refractivity contribution in [1.82, 2.24) is 0 Å². The summed E-state index contributed by atoms with van der Waals surface area (Å²) in [5, 5.41) is 8.79. The average molecular weight is 296 g/mol. The van der Waals surface area contributed by atoms with Crippen LogP contribution >= 0.6 is 28.3 Å². The molecule has 84 valence electrons. The van der Waals surface area contributed by atoms with Gasteiger partial charge >= 0.3 is 5.97 Å². The lowest BCUT2D eigenvalue weighted by Gasteiger charge is -2.13. The summed E-state index contributed by atoms with van der Waals surface area (Å²) in [5.41, 5.74) is 0. The molecule has 0 aliphatic carbocycles. The Morgan fingerprint density at radius 2 is 2.13 bits per heavy atom. The standard InChI is InChI=1S/C10H11BrO3.ClH/c1-2-8(10(12)13)14-9-6-4-3-5-7(9)11;/h3-6,8H,2H2,1H3,(H,12,13);1H. The maximum atomic E-state index is 10.7. The van der Waals surface area contributed by atoms with Gasteiger partial charge in [-0.2, -0.15) is 0 Å². The topological polar surface area (TPSA) is 46.5 Å². The second-order valence-electron chi connectivity index (χ2n) is 2.78. The van der Waals surface area contributed by atoms with Gasteiger partial charge in [-0.15, -0.1) is 12.4 Å². The van der Waals surface area contributed by atoms with Crippen molar-refractivity contribution < 1.29 is 14.6 Å². The highest BCUT2D eigenvalue weighted by molar-refractivity contribution is 9.10. The van der Waals surface area contributed by atoms with E-state index in [-0.39, 0.29) is 12.4 Å². The molecule has 0 radical (unpaired) electrons. The molecule has 1 aromatic rings. The van der Waals surface area contributed by atoms with Crippen LogP contribution in [-0.4, -0.2) is 17.2 Å². The zero-order chi connectivity index (χ0) is 10.6. The van der Waals surface area contributed by atoms with Crippen LogP contribution in [0.1, 0.15) is 13.3 Å². The maximum Gasteiger partial charge on any atom is 0.344 e. The number of carboxylic acids is 1. The highest BCUT2D eigenvalue weighted by Gasteiger charge is 2.17. The predicted molar refractivity (Wildman–Crippen MR) is 63.7 cm³/mol. The molecule has 1 aromatic carbocycles. The van der Waals surface area contributed by atoms with Crippen LogP contribution in [0.5, 0.6) is 5.75 Å². The summed E-state index contributed by atoms with van der Waals surface area (Å²) in [7, 11) is 0. The van der Waals surface area contributed by atoms with E-state index in [1.54, 1.807) is 19.1 Å². The van der Waals surface area contributed by atoms with Crippen LogP contribution in [-0.2, 0) is 4.79 Å². The SMILES string of the molecule is CCC(Oc1ccccc1Br)C(=O)O.Cl. The molecule has 0 heterocycles. The lowest BCUT2D eigenvalue weighted by atomic mass is 10.3. The van der Waals surface area contributed by atoms with Gasteiger partial charge in [0.15, 0.2) is 6.10 Å². The van der Waals surface area contributed by atoms with E-state index < -0.39 is 12.1 Å². The molecule has 1 atom stereocenters. The molecule has 15 heavy (non-hydrogen) atoms. The van der Waals surface area contributed by atoms with E-state index in [0.717, 1.165) is 4.47 Å². The smallest absolute Gasteiger partial charge is 0.344 e. The van der Waals surface area contributed by atoms with Gasteiger partial charge in [0.1, 0.15) is 5.75 Å². The van der Waals surface area contributed by atoms with Gasteiger partial charge in [0, 0.05) is 0 Å². The second-order valence-corrected chi connectivity index (χ2v) is 3.64. The van der Waals surface area contributed by atoms with Gasteiger partial charge in [-0.1, -0.05) is 19.1 Å². The fourth-order valence-corrected chi connectivity index (χ4v) is 1.38. The molecule has 1 unspecified atom stereocenters. The van der Waals surface area contributed by atoms with Gasteiger partial charge in [-0.3, -0.25) is 0 Å². The Hall–Kier alpha value is -0.740. The summed E-state index contributed by atoms with van der Waals surface area (Å²) in [6, 6.07) is 7.19. The number of aliphatic carboxylic acids is 1. The number of hydrogen-bond acceptors (Lipinski definition) is 2. The number of para-hydroxylation sites is 1. The van der Waals surface area contributed by atoms with E-state index in [4.69, 9.17) is 9.84 Å². The largest absolute Gasteiger partial charge is 0.479 e. The van der Waals surface area contributed by atoms with Crippen molar-refractivity contribution in [1.29, 1.82) is 0 Å². The first kappa shape index (κ1) is 14.3. The third kappa shape index (κ3) is 4.10. The minimum absolute atomic E-state index is 0. The van der Waals surface area contributed by atoms with E-state index in [1.165, 1.54) is 0 Å². The molecule has 0 aliphatic rings. The predicted octanol–water partition coefficient (Wildman–Crippen LogP) is 3.11. The molecule has 5 heteroatoms. The van der Waals surface area contributed by atoms with E-state index in [2.05, 4.69) is 15.9 Å². The zero-order valence-electron chi connectivity index (χ0n) is 8.14. The van der Waals surface area contributed by atoms with E-state index in [1.807, 2.05) is 12.1 Å². The minimum Gasteiger partial charge on any atom is -0.479 e. The van der Waals surface area contributed by atoms with Crippen LogP contribution in [0.2, 0.25) is 0 Å². The average Bonchev–Trinajstić information content (AvgIpc) is 2.16. The lowest BCUT2D eigenvalue weighted by molar-refractivity contribution is -0.145. The van der Waals surface area contributed by atoms with Crippen LogP contribution in [0.15, 0.2) is 28.7 Å². The third-order valence-corrected chi connectivity index (χ3v) is 2.41. The fraction of sp³-hybridized carbons (Fsp3) is 0.300. The summed E-state index contributed by atoms with van der Waals surface area (Å²) in [5.74, 6) is -0.384. The molecule has 0 saturated carbocycles. The van der Waals surface area contributed by atoms with Gasteiger partial charge in [0.25, 0.3) is 0 Å². The number of carboxylic acid groups (broad SMARTS) is 1. The number of rotatable bonds is 4. The first-order valence-electron chi connectivity index (χ1n) is 4.29. The number of hydrogen-bond donors (Lipinski definition) is 1. The molecule has 0 spiro atoms. The van der Waals surface area contributed by atoms with Crippen molar-refractivity contribution in [3.05, 3.63) is 28.7 Å². The first-order chi connectivity index (χ1) is 6.65. The molecule has 0 aromatic heterocycles. The second kappa shape index (κ2) is 6.69. The zero-order valence-corrected chi connectivity index (χ0v) is 10.5. The summed E-state index contributed by atoms with van der Waals surface area (Å²) in [6.45, 7) is 1.77. The molecule has 1 rings (SSSR count). The number of benzene rings is 1. The van der Waals surface area contributed by atoms with Gasteiger partial charge in [-0.05, 0) is 34.5 Å². The monoisotopic (exact) mass is 294 g/mol. The van der Waals surface area contributed by atoms with Gasteiger partial charge in [0.2, 0.25) is 0 Å². The van der Waals surface area contributed by atoms with Crippen LogP contribution < -0.4 is 4.74 Å². The molecule has 0 fully saturated rings. The Bertz CT molecular complexity index is 330. The Morgan fingerprint density at radius 3 is 2.60 bits per heavy atom. The minimum atomic E-state index is -0.941. The van der Waals surface area contributed by atoms with Crippen molar-refractivity contribution in [2.45, 2.75) is 19.4 Å². The Kier molecular flexibility index (Phi) is 6.36. The highest BCUT2D eigenvalue weighted by Crippen LogP contribution is 2.25. The van der Waals surface area contributed by atoms with Crippen molar-refractivity contribution in [3.63, 3.8) is 0 Å². The summed E-state index contributed by atoms with van der Waals surface area (Å²) in [4.78, 5) is 10.7. The Morgan fingerprint density at radius 1 is 1.53 bits per heavy atom. The van der Waals surface area contributed by atoms with E-state index >= 15 is 0 Å². The third-order valence-electron chi connectivity index (χ3n) is 1.75. The summed E-state index contributed by atoms with van der Waals surface area (Å²) in [6.07, 6.45) is -0.342. The van der Waals surface area contributed by atoms with E-state index in [9.17, 15) is 4.79 Å². The lowest BCUT2D eigenvalue weighted by Crippen LogP contribution is -2.26. The van der Waals surface area contributed by atoms with Crippen LogP contribution in [0, 0.1) is 0 Å². The number of halogens is 2. The van der Waals surface area contributed by atoms with Crippen molar-refractivity contribution in [3.8, 4) is 5.75 Å². The maximum absolute atomic E-state index is 10.7. The number of ether oxygens (including phenoxy) is 1. The normalized spacial score (nSPS) is 11.3. The van der Waals surface area contributed by atoms with Crippen LogP contribution in [0.25, 0.3) is 0 Å². The van der Waals surface area contributed by atoms with Crippen molar-refractivity contribution >= 4 is 34.3 Å². The molecular weight excluding hydrogens is 283 g/mol. The molecule has 0 amide bonds. The van der Waals surface area contributed by atoms with Crippen molar-refractivity contribution in [2.75, 3.05) is 0 Å². The van der Waals surface area contributed by atoms with Gasteiger partial charge < -0.3 is 9.84 Å². The van der Waals surface area contributed by atoms with Gasteiger partial charge in [0.05, 0.1) is 4.47 Å². The molecular formula is C10H12BrClO3. The molecule has 0 bridgehead atoms. The van der Waals surface area contributed by atoms with Crippen LogP contribution in [0.3, 0.4) is 0 Å². The molecule has 0 saturated heterocycles. The molecule has 1 N–H and O–H groups in total. The quantitative estimate of drug-likeness (QED) is 0.928. The highest BCUT2D eigenvalue weighted by atomic mass is 79.9. The Labute approximate surface area is 103 Å². The molecule has 0 aliphatic heterocycles. The van der Waals surface area contributed by atoms with Crippen molar-refractivity contribution in [2.24, 2.45) is 0 Å². The van der Waals surface area contributed by atoms with E-state index in [0.29, 0.717) is 12.2 Å². The van der Waals surface area contributed by atoms with Gasteiger partial charge in [-0.25, -0.2) is 4.79 Å². The Balaban J connectivity index is 0.00000196. The molecule has 3 nitrogen and oxygen atoms in total. The summed E-state index contributed by atoms with van der Waals surface area (Å²) >= 11 is 3.29. The first-order valence-corrected chi connectivity index (χ1v) is 5.08.